The van der Waals surface area contributed by atoms with Crippen molar-refractivity contribution >= 4 is 5.91 Å². The summed E-state index contributed by atoms with van der Waals surface area (Å²) in [5, 5.41) is 12.3. The molecule has 7 heteroatoms. The van der Waals surface area contributed by atoms with Crippen LogP contribution in [0.2, 0.25) is 0 Å². The molecule has 1 amide bonds. The predicted octanol–water partition coefficient (Wildman–Crippen LogP) is 1.28. The van der Waals surface area contributed by atoms with E-state index in [1.807, 2.05) is 35.4 Å². The van der Waals surface area contributed by atoms with E-state index in [2.05, 4.69) is 20.9 Å². The maximum Gasteiger partial charge on any atom is 0.240 e. The molecule has 2 aromatic rings. The molecule has 0 spiro atoms. The number of nitrogens with one attached hydrogen (secondary N) is 1. The molecule has 1 aromatic heterocycles. The van der Waals surface area contributed by atoms with Gasteiger partial charge in [0.2, 0.25) is 5.91 Å². The van der Waals surface area contributed by atoms with Crippen molar-refractivity contribution in [3.8, 4) is 6.07 Å². The number of carbonyl (C=O) groups is 1. The Bertz CT molecular complexity index is 833. The number of imidazole rings is 1. The minimum atomic E-state index is -0.135. The number of amides is 1. The van der Waals surface area contributed by atoms with Crippen LogP contribution < -0.4 is 5.32 Å². The monoisotopic (exact) mass is 365 g/mol. The summed E-state index contributed by atoms with van der Waals surface area (Å²) in [5.74, 6) is 0.184. The van der Waals surface area contributed by atoms with Crippen LogP contribution in [0.3, 0.4) is 0 Å². The average molecular weight is 365 g/mol. The van der Waals surface area contributed by atoms with E-state index < -0.39 is 0 Å². The van der Waals surface area contributed by atoms with Gasteiger partial charge in [-0.15, -0.1) is 0 Å². The van der Waals surface area contributed by atoms with Crippen LogP contribution in [-0.2, 0) is 22.6 Å². The van der Waals surface area contributed by atoms with Gasteiger partial charge >= 0.3 is 0 Å². The minimum absolute atomic E-state index is 0.135. The Balaban J connectivity index is 1.35. The third-order valence-electron chi connectivity index (χ3n) is 5.35. The smallest absolute Gasteiger partial charge is 0.240 e. The Hall–Kier alpha value is -2.69. The van der Waals surface area contributed by atoms with Crippen molar-refractivity contribution in [2.75, 3.05) is 19.8 Å². The predicted molar refractivity (Wildman–Crippen MR) is 98.7 cm³/mol. The summed E-state index contributed by atoms with van der Waals surface area (Å²) in [6.45, 7) is 3.50. The van der Waals surface area contributed by atoms with Crippen LogP contribution in [0.5, 0.6) is 0 Å². The van der Waals surface area contributed by atoms with Gasteiger partial charge in [0.1, 0.15) is 0 Å². The largest absolute Gasteiger partial charge is 0.379 e. The van der Waals surface area contributed by atoms with Gasteiger partial charge < -0.3 is 19.5 Å². The summed E-state index contributed by atoms with van der Waals surface area (Å²) < 4.78 is 7.48. The van der Waals surface area contributed by atoms with Crippen molar-refractivity contribution in [3.63, 3.8) is 0 Å². The van der Waals surface area contributed by atoms with Crippen molar-refractivity contribution in [1.29, 1.82) is 5.26 Å². The number of hydrogen-bond acceptors (Lipinski definition) is 5. The van der Waals surface area contributed by atoms with Crippen molar-refractivity contribution in [1.82, 2.24) is 19.8 Å². The summed E-state index contributed by atoms with van der Waals surface area (Å²) in [6, 6.07) is 9.79. The number of nitrogens with zero attached hydrogens (tertiary/aromatic N) is 4. The first-order valence-electron chi connectivity index (χ1n) is 9.34. The van der Waals surface area contributed by atoms with E-state index in [4.69, 9.17) is 10.00 Å². The lowest BCUT2D eigenvalue weighted by atomic mass is 10.1. The van der Waals surface area contributed by atoms with Gasteiger partial charge in [0, 0.05) is 32.4 Å². The molecule has 1 N–H and O–H groups in total. The molecule has 2 saturated heterocycles. The standard InChI is InChI=1S/C20H23N5O2/c21-9-15-1-3-16(4-2-15)12-24-14-22-10-18(24)11-23-19-5-7-25(20(19)26)17-6-8-27-13-17/h1-4,10,14,17,19,23H,5-8,11-13H2/t17-,19?/m1/s1. The van der Waals surface area contributed by atoms with Crippen LogP contribution in [0.15, 0.2) is 36.8 Å². The van der Waals surface area contributed by atoms with Crippen LogP contribution in [0.25, 0.3) is 0 Å². The van der Waals surface area contributed by atoms with Crippen LogP contribution in [0, 0.1) is 11.3 Å². The summed E-state index contributed by atoms with van der Waals surface area (Å²) in [6.07, 6.45) is 5.40. The van der Waals surface area contributed by atoms with Gasteiger partial charge in [-0.25, -0.2) is 4.98 Å². The van der Waals surface area contributed by atoms with E-state index >= 15 is 0 Å². The molecule has 7 nitrogen and oxygen atoms in total. The van der Waals surface area contributed by atoms with Crippen molar-refractivity contribution in [2.24, 2.45) is 0 Å². The third kappa shape index (κ3) is 3.87. The number of aromatic nitrogens is 2. The molecule has 2 aliphatic rings. The first kappa shape index (κ1) is 17.7. The van der Waals surface area contributed by atoms with Gasteiger partial charge in [-0.2, -0.15) is 5.26 Å². The zero-order valence-corrected chi connectivity index (χ0v) is 15.2. The molecular formula is C20H23N5O2. The van der Waals surface area contributed by atoms with Crippen LogP contribution in [-0.4, -0.2) is 52.2 Å². The number of benzene rings is 1. The fourth-order valence-corrected chi connectivity index (χ4v) is 3.77. The number of nitriles is 1. The van der Waals surface area contributed by atoms with Crippen LogP contribution in [0.1, 0.15) is 29.7 Å². The van der Waals surface area contributed by atoms with E-state index in [9.17, 15) is 4.79 Å². The normalized spacial score (nSPS) is 22.3. The molecule has 140 valence electrons. The molecule has 3 heterocycles. The van der Waals surface area contributed by atoms with E-state index in [0.717, 1.165) is 37.3 Å². The summed E-state index contributed by atoms with van der Waals surface area (Å²) in [7, 11) is 0. The second kappa shape index (κ2) is 7.91. The SMILES string of the molecule is N#Cc1ccc(Cn2cncc2CNC2CCN([C@@H]3CCOC3)C2=O)cc1. The van der Waals surface area contributed by atoms with Crippen LogP contribution >= 0.6 is 0 Å². The van der Waals surface area contributed by atoms with E-state index in [0.29, 0.717) is 25.3 Å². The molecule has 0 bridgehead atoms. The van der Waals surface area contributed by atoms with Crippen molar-refractivity contribution < 1.29 is 9.53 Å². The molecule has 2 aliphatic heterocycles. The van der Waals surface area contributed by atoms with Gasteiger partial charge in [-0.1, -0.05) is 12.1 Å². The molecule has 2 atom stereocenters. The average Bonchev–Trinajstić information content (AvgIpc) is 3.43. The zero-order valence-electron chi connectivity index (χ0n) is 15.2. The van der Waals surface area contributed by atoms with Crippen LogP contribution in [0.4, 0.5) is 0 Å². The van der Waals surface area contributed by atoms with Gasteiger partial charge in [0.25, 0.3) is 0 Å². The zero-order chi connectivity index (χ0) is 18.6. The lowest BCUT2D eigenvalue weighted by Crippen LogP contribution is -2.43. The van der Waals surface area contributed by atoms with Gasteiger partial charge in [0.05, 0.1) is 42.3 Å². The number of likely N-dealkylation sites (tertiary alicyclic amines) is 1. The second-order valence-electron chi connectivity index (χ2n) is 7.09. The topological polar surface area (TPSA) is 83.2 Å². The summed E-state index contributed by atoms with van der Waals surface area (Å²) >= 11 is 0. The fourth-order valence-electron chi connectivity index (χ4n) is 3.77. The van der Waals surface area contributed by atoms with Crippen molar-refractivity contribution in [2.45, 2.75) is 38.0 Å². The number of carbonyl (C=O) groups excluding carboxylic acids is 1. The Labute approximate surface area is 158 Å². The third-order valence-corrected chi connectivity index (χ3v) is 5.35. The van der Waals surface area contributed by atoms with Gasteiger partial charge in [0.15, 0.2) is 0 Å². The Morgan fingerprint density at radius 1 is 1.30 bits per heavy atom. The lowest BCUT2D eigenvalue weighted by molar-refractivity contribution is -0.131. The molecule has 2 fully saturated rings. The summed E-state index contributed by atoms with van der Waals surface area (Å²) in [5.41, 5.74) is 2.80. The molecule has 0 radical (unpaired) electrons. The molecule has 0 saturated carbocycles. The number of ether oxygens (including phenoxy) is 1. The Morgan fingerprint density at radius 2 is 2.15 bits per heavy atom. The lowest BCUT2D eigenvalue weighted by Gasteiger charge is -2.23. The number of rotatable bonds is 6. The minimum Gasteiger partial charge on any atom is -0.379 e. The quantitative estimate of drug-likeness (QED) is 0.834. The molecule has 27 heavy (non-hydrogen) atoms. The van der Waals surface area contributed by atoms with Gasteiger partial charge in [-0.3, -0.25) is 4.79 Å². The highest BCUT2D eigenvalue weighted by Crippen LogP contribution is 2.20. The Morgan fingerprint density at radius 3 is 2.89 bits per heavy atom. The van der Waals surface area contributed by atoms with E-state index in [1.165, 1.54) is 0 Å². The maximum absolute atomic E-state index is 12.6. The van der Waals surface area contributed by atoms with Gasteiger partial charge in [-0.05, 0) is 30.5 Å². The first-order chi connectivity index (χ1) is 13.2. The molecule has 1 unspecified atom stereocenters. The first-order valence-corrected chi connectivity index (χ1v) is 9.34. The molecule has 0 aliphatic carbocycles. The highest BCUT2D eigenvalue weighted by Gasteiger charge is 2.37. The summed E-state index contributed by atoms with van der Waals surface area (Å²) in [4.78, 5) is 18.9. The molecular weight excluding hydrogens is 342 g/mol. The number of hydrogen-bond donors (Lipinski definition) is 1. The Kier molecular flexibility index (Phi) is 5.19. The van der Waals surface area contributed by atoms with E-state index in [1.54, 1.807) is 6.33 Å². The van der Waals surface area contributed by atoms with E-state index in [-0.39, 0.29) is 18.0 Å². The van der Waals surface area contributed by atoms with Crippen molar-refractivity contribution in [3.05, 3.63) is 53.6 Å². The highest BCUT2D eigenvalue weighted by molar-refractivity contribution is 5.84. The highest BCUT2D eigenvalue weighted by atomic mass is 16.5. The second-order valence-corrected chi connectivity index (χ2v) is 7.09. The molecule has 1 aromatic carbocycles. The maximum atomic E-state index is 12.6. The fraction of sp³-hybridized carbons (Fsp3) is 0.450. The molecule has 4 rings (SSSR count).